The molecular weight excluding hydrogens is 274 g/mol. The van der Waals surface area contributed by atoms with E-state index in [1.54, 1.807) is 0 Å². The lowest BCUT2D eigenvalue weighted by molar-refractivity contribution is 0.289. The minimum Gasteiger partial charge on any atom is -0.313 e. The smallest absolute Gasteiger partial charge is 0.0251 e. The standard InChI is InChI=1S/C19H31NS/c1-5-7-16-9-10-17(20-6-2)19(13-16)21-18-11-8-14(3)12-15(18)4/h8,11-12,16-17,19-20H,5-7,9-10,13H2,1-4H3. The second kappa shape index (κ2) is 8.24. The average molecular weight is 306 g/mol. The fourth-order valence-corrected chi connectivity index (χ4v) is 5.09. The van der Waals surface area contributed by atoms with Crippen molar-refractivity contribution in [1.82, 2.24) is 5.32 Å². The van der Waals surface area contributed by atoms with Gasteiger partial charge in [-0.2, -0.15) is 0 Å². The quantitative estimate of drug-likeness (QED) is 0.761. The van der Waals surface area contributed by atoms with Crippen LogP contribution in [0.3, 0.4) is 0 Å². The van der Waals surface area contributed by atoms with Crippen LogP contribution >= 0.6 is 11.8 Å². The topological polar surface area (TPSA) is 12.0 Å². The first-order valence-electron chi connectivity index (χ1n) is 8.61. The summed E-state index contributed by atoms with van der Waals surface area (Å²) in [7, 11) is 0. The summed E-state index contributed by atoms with van der Waals surface area (Å²) in [5, 5.41) is 4.46. The molecule has 1 aromatic carbocycles. The van der Waals surface area contributed by atoms with Crippen molar-refractivity contribution in [2.75, 3.05) is 6.54 Å². The second-order valence-corrected chi connectivity index (χ2v) is 7.84. The Kier molecular flexibility index (Phi) is 6.63. The fourth-order valence-electron chi connectivity index (χ4n) is 3.60. The predicted octanol–water partition coefficient (Wildman–Crippen LogP) is 5.34. The van der Waals surface area contributed by atoms with Gasteiger partial charge in [-0.3, -0.25) is 0 Å². The van der Waals surface area contributed by atoms with Crippen molar-refractivity contribution in [2.24, 2.45) is 5.92 Å². The molecule has 21 heavy (non-hydrogen) atoms. The molecule has 1 saturated carbocycles. The number of benzene rings is 1. The summed E-state index contributed by atoms with van der Waals surface area (Å²) in [5.41, 5.74) is 2.81. The minimum absolute atomic E-state index is 0.689. The van der Waals surface area contributed by atoms with Gasteiger partial charge in [-0.25, -0.2) is 0 Å². The van der Waals surface area contributed by atoms with E-state index in [4.69, 9.17) is 0 Å². The molecule has 0 bridgehead atoms. The number of nitrogens with one attached hydrogen (secondary N) is 1. The maximum atomic E-state index is 3.73. The van der Waals surface area contributed by atoms with Crippen LogP contribution in [-0.4, -0.2) is 17.8 Å². The zero-order valence-corrected chi connectivity index (χ0v) is 14.9. The summed E-state index contributed by atoms with van der Waals surface area (Å²) >= 11 is 2.12. The van der Waals surface area contributed by atoms with Crippen LogP contribution in [0.4, 0.5) is 0 Å². The summed E-state index contributed by atoms with van der Waals surface area (Å²) in [4.78, 5) is 1.48. The van der Waals surface area contributed by atoms with Gasteiger partial charge in [-0.05, 0) is 57.2 Å². The Bertz CT molecular complexity index is 443. The lowest BCUT2D eigenvalue weighted by Gasteiger charge is -2.36. The molecule has 1 fully saturated rings. The molecule has 0 spiro atoms. The van der Waals surface area contributed by atoms with Gasteiger partial charge in [-0.1, -0.05) is 44.4 Å². The van der Waals surface area contributed by atoms with E-state index in [1.807, 2.05) is 0 Å². The van der Waals surface area contributed by atoms with Gasteiger partial charge in [-0.15, -0.1) is 11.8 Å². The minimum atomic E-state index is 0.689. The summed E-state index contributed by atoms with van der Waals surface area (Å²) in [6.45, 7) is 10.1. The van der Waals surface area contributed by atoms with Crippen molar-refractivity contribution in [2.45, 2.75) is 76.0 Å². The van der Waals surface area contributed by atoms with E-state index in [1.165, 1.54) is 48.1 Å². The molecule has 1 aliphatic rings. The van der Waals surface area contributed by atoms with E-state index < -0.39 is 0 Å². The maximum absolute atomic E-state index is 3.73. The lowest BCUT2D eigenvalue weighted by atomic mass is 9.83. The summed E-state index contributed by atoms with van der Waals surface area (Å²) in [6, 6.07) is 7.58. The Morgan fingerprint density at radius 3 is 2.67 bits per heavy atom. The molecule has 1 aliphatic carbocycles. The predicted molar refractivity (Wildman–Crippen MR) is 95.3 cm³/mol. The first-order valence-corrected chi connectivity index (χ1v) is 9.49. The molecule has 0 aromatic heterocycles. The maximum Gasteiger partial charge on any atom is 0.0251 e. The van der Waals surface area contributed by atoms with Crippen LogP contribution in [0.25, 0.3) is 0 Å². The highest BCUT2D eigenvalue weighted by atomic mass is 32.2. The van der Waals surface area contributed by atoms with Crippen LogP contribution in [0, 0.1) is 19.8 Å². The van der Waals surface area contributed by atoms with E-state index in [-0.39, 0.29) is 0 Å². The Morgan fingerprint density at radius 1 is 1.19 bits per heavy atom. The third kappa shape index (κ3) is 4.75. The van der Waals surface area contributed by atoms with E-state index in [0.29, 0.717) is 6.04 Å². The normalized spacial score (nSPS) is 26.0. The van der Waals surface area contributed by atoms with Crippen LogP contribution in [0.1, 0.15) is 57.1 Å². The van der Waals surface area contributed by atoms with Crippen molar-refractivity contribution in [1.29, 1.82) is 0 Å². The highest BCUT2D eigenvalue weighted by molar-refractivity contribution is 8.00. The van der Waals surface area contributed by atoms with Crippen LogP contribution in [-0.2, 0) is 0 Å². The van der Waals surface area contributed by atoms with Gasteiger partial charge in [0.1, 0.15) is 0 Å². The van der Waals surface area contributed by atoms with Gasteiger partial charge in [0.2, 0.25) is 0 Å². The van der Waals surface area contributed by atoms with Gasteiger partial charge >= 0.3 is 0 Å². The number of rotatable bonds is 6. The monoisotopic (exact) mass is 305 g/mol. The summed E-state index contributed by atoms with van der Waals surface area (Å²) in [6.07, 6.45) is 6.88. The van der Waals surface area contributed by atoms with Crippen molar-refractivity contribution < 1.29 is 0 Å². The third-order valence-electron chi connectivity index (χ3n) is 4.67. The molecule has 3 atom stereocenters. The van der Waals surface area contributed by atoms with Crippen molar-refractivity contribution in [3.8, 4) is 0 Å². The second-order valence-electron chi connectivity index (χ2n) is 6.56. The molecule has 0 aliphatic heterocycles. The molecule has 0 radical (unpaired) electrons. The highest BCUT2D eigenvalue weighted by Gasteiger charge is 2.30. The number of thioether (sulfide) groups is 1. The summed E-state index contributed by atoms with van der Waals surface area (Å²) in [5.74, 6) is 0.938. The van der Waals surface area contributed by atoms with E-state index in [2.05, 4.69) is 63.0 Å². The lowest BCUT2D eigenvalue weighted by Crippen LogP contribution is -2.42. The molecule has 0 heterocycles. The average Bonchev–Trinajstić information content (AvgIpc) is 2.45. The van der Waals surface area contributed by atoms with Gasteiger partial charge in [0, 0.05) is 16.2 Å². The largest absolute Gasteiger partial charge is 0.313 e. The third-order valence-corrected chi connectivity index (χ3v) is 6.21. The van der Waals surface area contributed by atoms with Crippen molar-refractivity contribution in [3.05, 3.63) is 29.3 Å². The molecule has 3 unspecified atom stereocenters. The molecule has 0 saturated heterocycles. The first-order chi connectivity index (χ1) is 10.1. The highest BCUT2D eigenvalue weighted by Crippen LogP contribution is 2.39. The van der Waals surface area contributed by atoms with E-state index in [9.17, 15) is 0 Å². The molecule has 1 aromatic rings. The van der Waals surface area contributed by atoms with Gasteiger partial charge in [0.15, 0.2) is 0 Å². The summed E-state index contributed by atoms with van der Waals surface area (Å²) < 4.78 is 0. The van der Waals surface area contributed by atoms with Gasteiger partial charge in [0.25, 0.3) is 0 Å². The molecular formula is C19H31NS. The van der Waals surface area contributed by atoms with Gasteiger partial charge in [0.05, 0.1) is 0 Å². The molecule has 2 heteroatoms. The van der Waals surface area contributed by atoms with Crippen LogP contribution < -0.4 is 5.32 Å². The molecule has 2 rings (SSSR count). The van der Waals surface area contributed by atoms with Crippen LogP contribution in [0.15, 0.2) is 23.1 Å². The zero-order chi connectivity index (χ0) is 15.2. The SMILES string of the molecule is CCCC1CCC(NCC)C(Sc2ccc(C)cc2C)C1. The van der Waals surface area contributed by atoms with Crippen LogP contribution in [0.5, 0.6) is 0 Å². The molecule has 1 N–H and O–H groups in total. The van der Waals surface area contributed by atoms with E-state index in [0.717, 1.165) is 17.7 Å². The molecule has 1 nitrogen and oxygen atoms in total. The Balaban J connectivity index is 2.07. The zero-order valence-electron chi connectivity index (χ0n) is 14.1. The van der Waals surface area contributed by atoms with Gasteiger partial charge < -0.3 is 5.32 Å². The molecule has 118 valence electrons. The number of aryl methyl sites for hydroxylation is 2. The number of hydrogen-bond acceptors (Lipinski definition) is 2. The Morgan fingerprint density at radius 2 is 2.00 bits per heavy atom. The Labute approximate surface area is 135 Å². The van der Waals surface area contributed by atoms with Crippen molar-refractivity contribution >= 4 is 11.8 Å². The fraction of sp³-hybridized carbons (Fsp3) is 0.684. The molecule has 0 amide bonds. The Hall–Kier alpha value is -0.470. The van der Waals surface area contributed by atoms with Crippen LogP contribution in [0.2, 0.25) is 0 Å². The first kappa shape index (κ1) is 16.9. The van der Waals surface area contributed by atoms with E-state index >= 15 is 0 Å². The van der Waals surface area contributed by atoms with Crippen molar-refractivity contribution in [3.63, 3.8) is 0 Å². The number of hydrogen-bond donors (Lipinski definition) is 1.